The lowest BCUT2D eigenvalue weighted by Crippen LogP contribution is -2.00. The van der Waals surface area contributed by atoms with Crippen LogP contribution in [0.25, 0.3) is 34.2 Å². The van der Waals surface area contributed by atoms with E-state index in [1.54, 1.807) is 26.5 Å². The van der Waals surface area contributed by atoms with Gasteiger partial charge < -0.3 is 0 Å². The Balaban J connectivity index is 1.44. The second-order valence-corrected chi connectivity index (χ2v) is 10.7. The Morgan fingerprint density at radius 2 is 0.974 bits per heavy atom. The van der Waals surface area contributed by atoms with Crippen LogP contribution < -0.4 is 0 Å². The van der Waals surface area contributed by atoms with Crippen molar-refractivity contribution in [3.8, 4) is 34.2 Å². The molecule has 4 heterocycles. The molecule has 0 spiro atoms. The molecule has 0 aliphatic heterocycles. The van der Waals surface area contributed by atoms with Crippen LogP contribution in [0.5, 0.6) is 0 Å². The largest absolute Gasteiger partial charge is 0.226 e. The van der Waals surface area contributed by atoms with E-state index < -0.39 is 0 Å². The molecule has 12 nitrogen and oxygen atoms in total. The van der Waals surface area contributed by atoms with Crippen molar-refractivity contribution in [3.05, 3.63) is 72.1 Å². The molecule has 0 aliphatic carbocycles. The normalized spacial score (nSPS) is 11.4. The molecule has 0 N–H and O–H groups in total. The molecule has 6 aromatic rings. The van der Waals surface area contributed by atoms with Gasteiger partial charge >= 0.3 is 0 Å². The molecule has 0 fully saturated rings. The van der Waals surface area contributed by atoms with Crippen LogP contribution in [0.15, 0.2) is 71.0 Å². The lowest BCUT2D eigenvalue weighted by atomic mass is 10.2. The summed E-state index contributed by atoms with van der Waals surface area (Å²) in [6.07, 6.45) is 3.53. The van der Waals surface area contributed by atoms with Crippen LogP contribution in [0.1, 0.15) is 11.1 Å². The van der Waals surface area contributed by atoms with Gasteiger partial charge in [-0.15, -0.1) is 20.4 Å². The quantitative estimate of drug-likeness (QED) is 0.275. The molecule has 0 atom stereocenters. The Labute approximate surface area is 225 Å². The molecular weight excluding hydrogens is 520 g/mol. The molecular formula is C24H22N12S2. The standard InChI is InChI=1S/C24H22N12S2/c1-15-5-9-17(10-6-15)35-23(19(13-25-35)21-27-31-33(3)29-21)37-38-24-20(22-28-32-34(4)30-22)14-26-36(24)18-11-7-16(2)8-12-18/h5-14H,1-4H3. The Morgan fingerprint density at radius 1 is 0.579 bits per heavy atom. The summed E-state index contributed by atoms with van der Waals surface area (Å²) in [5.74, 6) is 0.994. The number of aromatic nitrogens is 12. The average Bonchev–Trinajstić information content (AvgIpc) is 3.70. The minimum atomic E-state index is 0.497. The van der Waals surface area contributed by atoms with Crippen molar-refractivity contribution in [2.24, 2.45) is 14.1 Å². The van der Waals surface area contributed by atoms with Gasteiger partial charge in [-0.2, -0.15) is 19.8 Å². The van der Waals surface area contributed by atoms with E-state index in [1.807, 2.05) is 33.6 Å². The number of hydrogen-bond acceptors (Lipinski definition) is 10. The molecule has 0 unspecified atom stereocenters. The number of benzene rings is 2. The first-order valence-corrected chi connectivity index (χ1v) is 13.7. The molecule has 0 saturated heterocycles. The molecule has 2 aromatic carbocycles. The molecule has 0 aliphatic rings. The Hall–Kier alpha value is -4.30. The predicted molar refractivity (Wildman–Crippen MR) is 144 cm³/mol. The first-order chi connectivity index (χ1) is 18.5. The van der Waals surface area contributed by atoms with Crippen molar-refractivity contribution < 1.29 is 0 Å². The Bertz CT molecular complexity index is 1580. The van der Waals surface area contributed by atoms with Gasteiger partial charge in [-0.25, -0.2) is 9.36 Å². The van der Waals surface area contributed by atoms with Crippen LogP contribution in [0.4, 0.5) is 0 Å². The fourth-order valence-corrected chi connectivity index (χ4v) is 6.25. The van der Waals surface area contributed by atoms with Gasteiger partial charge in [0, 0.05) is 0 Å². The van der Waals surface area contributed by atoms with Crippen molar-refractivity contribution in [1.29, 1.82) is 0 Å². The summed E-state index contributed by atoms with van der Waals surface area (Å²) in [7, 11) is 6.53. The van der Waals surface area contributed by atoms with Crippen LogP contribution in [0, 0.1) is 13.8 Å². The average molecular weight is 543 g/mol. The second-order valence-electron chi connectivity index (χ2n) is 8.59. The maximum atomic E-state index is 4.68. The zero-order valence-corrected chi connectivity index (χ0v) is 22.6. The van der Waals surface area contributed by atoms with Crippen LogP contribution in [-0.4, -0.2) is 60.0 Å². The monoisotopic (exact) mass is 542 g/mol. The minimum absolute atomic E-state index is 0.497. The summed E-state index contributed by atoms with van der Waals surface area (Å²) in [6, 6.07) is 16.4. The highest BCUT2D eigenvalue weighted by molar-refractivity contribution is 8.76. The predicted octanol–water partition coefficient (Wildman–Crippen LogP) is 3.86. The number of hydrogen-bond donors (Lipinski definition) is 0. The van der Waals surface area contributed by atoms with E-state index in [0.29, 0.717) is 11.6 Å². The third-order valence-corrected chi connectivity index (χ3v) is 8.09. The van der Waals surface area contributed by atoms with Crippen LogP contribution in [0.2, 0.25) is 0 Å². The Kier molecular flexibility index (Phi) is 6.25. The molecule has 14 heteroatoms. The summed E-state index contributed by atoms with van der Waals surface area (Å²) < 4.78 is 3.77. The first-order valence-electron chi connectivity index (χ1n) is 11.6. The van der Waals surface area contributed by atoms with E-state index in [0.717, 1.165) is 32.6 Å². The van der Waals surface area contributed by atoms with E-state index in [9.17, 15) is 0 Å². The fraction of sp³-hybridized carbons (Fsp3) is 0.167. The summed E-state index contributed by atoms with van der Waals surface area (Å²) in [4.78, 5) is 2.87. The van der Waals surface area contributed by atoms with Crippen molar-refractivity contribution in [3.63, 3.8) is 0 Å². The van der Waals surface area contributed by atoms with Gasteiger partial charge in [0.1, 0.15) is 10.1 Å². The summed E-state index contributed by atoms with van der Waals surface area (Å²) in [5.41, 5.74) is 5.74. The number of nitrogens with zero attached hydrogens (tertiary/aromatic N) is 12. The van der Waals surface area contributed by atoms with E-state index >= 15 is 0 Å². The van der Waals surface area contributed by atoms with Crippen molar-refractivity contribution in [2.75, 3.05) is 0 Å². The number of rotatable bonds is 7. The van der Waals surface area contributed by atoms with Crippen LogP contribution in [0.3, 0.4) is 0 Å². The van der Waals surface area contributed by atoms with E-state index in [1.165, 1.54) is 42.3 Å². The van der Waals surface area contributed by atoms with E-state index in [4.69, 9.17) is 0 Å². The molecule has 0 bridgehead atoms. The molecule has 0 radical (unpaired) electrons. The zero-order valence-electron chi connectivity index (χ0n) is 21.0. The number of aryl methyl sites for hydroxylation is 4. The molecule has 190 valence electrons. The first kappa shape index (κ1) is 24.1. The number of tetrazole rings is 2. The molecule has 38 heavy (non-hydrogen) atoms. The summed E-state index contributed by atoms with van der Waals surface area (Å²) in [5, 5.41) is 36.4. The lowest BCUT2D eigenvalue weighted by molar-refractivity contribution is 0.630. The molecule has 0 amide bonds. The SMILES string of the molecule is Cc1ccc(-n2ncc(-c3nnn(C)n3)c2SSc2c(-c3nnn(C)n3)cnn2-c2ccc(C)cc2)cc1. The lowest BCUT2D eigenvalue weighted by Gasteiger charge is -2.11. The second kappa shape index (κ2) is 9.87. The smallest absolute Gasteiger partial charge is 0.209 e. The van der Waals surface area contributed by atoms with Crippen molar-refractivity contribution in [2.45, 2.75) is 23.9 Å². The summed E-state index contributed by atoms with van der Waals surface area (Å²) >= 11 is 0. The molecule has 6 rings (SSSR count). The van der Waals surface area contributed by atoms with Gasteiger partial charge in [-0.05, 0) is 70.1 Å². The van der Waals surface area contributed by atoms with Gasteiger partial charge in [-0.1, -0.05) is 35.4 Å². The van der Waals surface area contributed by atoms with E-state index in [2.05, 4.69) is 79.1 Å². The van der Waals surface area contributed by atoms with Gasteiger partial charge in [0.15, 0.2) is 0 Å². The highest BCUT2D eigenvalue weighted by atomic mass is 33.1. The van der Waals surface area contributed by atoms with Gasteiger partial charge in [0.05, 0.1) is 49.0 Å². The Morgan fingerprint density at radius 3 is 1.32 bits per heavy atom. The van der Waals surface area contributed by atoms with Crippen LogP contribution in [-0.2, 0) is 14.1 Å². The van der Waals surface area contributed by atoms with Crippen LogP contribution >= 0.6 is 21.6 Å². The third-order valence-electron chi connectivity index (χ3n) is 5.71. The van der Waals surface area contributed by atoms with Crippen molar-refractivity contribution >= 4 is 21.6 Å². The van der Waals surface area contributed by atoms with Gasteiger partial charge in [0.25, 0.3) is 0 Å². The summed E-state index contributed by atoms with van der Waals surface area (Å²) in [6.45, 7) is 4.11. The third kappa shape index (κ3) is 4.59. The highest BCUT2D eigenvalue weighted by Crippen LogP contribution is 2.45. The molecule has 0 saturated carbocycles. The topological polar surface area (TPSA) is 123 Å². The van der Waals surface area contributed by atoms with E-state index in [-0.39, 0.29) is 0 Å². The highest BCUT2D eigenvalue weighted by Gasteiger charge is 2.23. The van der Waals surface area contributed by atoms with Gasteiger partial charge in [-0.3, -0.25) is 0 Å². The van der Waals surface area contributed by atoms with Gasteiger partial charge in [0.2, 0.25) is 11.6 Å². The van der Waals surface area contributed by atoms with Crippen molar-refractivity contribution in [1.82, 2.24) is 60.0 Å². The minimum Gasteiger partial charge on any atom is -0.226 e. The maximum Gasteiger partial charge on any atom is 0.209 e. The zero-order chi connectivity index (χ0) is 26.2. The molecule has 4 aromatic heterocycles. The maximum absolute atomic E-state index is 4.68. The fourth-order valence-electron chi connectivity index (χ4n) is 3.74.